The molecule has 3 fully saturated rings. The molecule has 6 atom stereocenters. The zero-order valence-corrected chi connectivity index (χ0v) is 24.5. The number of amides is 2. The molecule has 218 valence electrons. The fraction of sp³-hybridized carbons (Fsp3) is 0.594. The van der Waals surface area contributed by atoms with E-state index >= 15 is 0 Å². The van der Waals surface area contributed by atoms with Gasteiger partial charge in [-0.25, -0.2) is 0 Å². The van der Waals surface area contributed by atoms with Gasteiger partial charge in [-0.2, -0.15) is 0 Å². The third-order valence-electron chi connectivity index (χ3n) is 9.05. The molecule has 1 spiro atoms. The van der Waals surface area contributed by atoms with E-state index in [0.717, 1.165) is 16.8 Å². The molecule has 40 heavy (non-hydrogen) atoms. The summed E-state index contributed by atoms with van der Waals surface area (Å²) < 4.78 is 12.4. The molecule has 3 aliphatic heterocycles. The van der Waals surface area contributed by atoms with Crippen molar-refractivity contribution in [3.05, 3.63) is 54.6 Å². The van der Waals surface area contributed by atoms with Crippen LogP contribution in [0.15, 0.2) is 43.5 Å². The predicted octanol–water partition coefficient (Wildman–Crippen LogP) is 4.11. The molecule has 0 saturated carbocycles. The summed E-state index contributed by atoms with van der Waals surface area (Å²) in [6.07, 6.45) is 5.77. The third-order valence-corrected chi connectivity index (χ3v) is 9.05. The van der Waals surface area contributed by atoms with Crippen LogP contribution in [0.2, 0.25) is 0 Å². The van der Waals surface area contributed by atoms with Crippen LogP contribution in [0.3, 0.4) is 0 Å². The Balaban J connectivity index is 1.82. The van der Waals surface area contributed by atoms with E-state index in [1.165, 1.54) is 4.90 Å². The SMILES string of the molecule is C=CCCCOC(=O)[C@@H]1[C@H]2C(=O)N([C@@H](CO)C(C)C)C(C(=O)N(CC=C)c3cc(C)ccc3C)C23CC[C@@]1(C)O3. The van der Waals surface area contributed by atoms with Crippen molar-refractivity contribution in [2.45, 2.75) is 83.6 Å². The Hall–Kier alpha value is -2.97. The zero-order chi connectivity index (χ0) is 29.4. The van der Waals surface area contributed by atoms with Gasteiger partial charge in [0, 0.05) is 12.2 Å². The van der Waals surface area contributed by atoms with Crippen LogP contribution >= 0.6 is 0 Å². The number of carbonyl (C=O) groups excluding carboxylic acids is 3. The molecule has 2 bridgehead atoms. The number of rotatable bonds is 12. The minimum absolute atomic E-state index is 0.134. The number of hydrogen-bond acceptors (Lipinski definition) is 6. The molecule has 4 rings (SSSR count). The first-order valence-electron chi connectivity index (χ1n) is 14.4. The lowest BCUT2D eigenvalue weighted by Gasteiger charge is -2.40. The lowest BCUT2D eigenvalue weighted by molar-refractivity contribution is -0.161. The molecule has 1 N–H and O–H groups in total. The van der Waals surface area contributed by atoms with Crippen molar-refractivity contribution < 1.29 is 29.0 Å². The number of carbonyl (C=O) groups is 3. The number of allylic oxidation sites excluding steroid dienone is 1. The van der Waals surface area contributed by atoms with Crippen molar-refractivity contribution in [2.75, 3.05) is 24.7 Å². The standard InChI is InChI=1S/C32H44N2O6/c1-8-10-11-17-39-30(38)26-25-28(36)34(24(19-35)20(3)4)27(32(25)15-14-31(26,7)40-32)29(37)33(16-9-2)23-18-21(5)12-13-22(23)6/h8-9,12-13,18,20,24-27,35H,1-2,10-11,14-17,19H2,3-7H3/t24-,25-,26-,27?,31+,32?/m0/s1. The normalized spacial score (nSPS) is 29.4. The highest BCUT2D eigenvalue weighted by atomic mass is 16.6. The number of likely N-dealkylation sites (tertiary alicyclic amines) is 1. The van der Waals surface area contributed by atoms with Gasteiger partial charge in [0.25, 0.3) is 5.91 Å². The van der Waals surface area contributed by atoms with Crippen molar-refractivity contribution in [1.82, 2.24) is 4.90 Å². The molecular formula is C32H44N2O6. The highest BCUT2D eigenvalue weighted by Gasteiger charge is 2.79. The number of aryl methyl sites for hydroxylation is 2. The van der Waals surface area contributed by atoms with Gasteiger partial charge in [-0.15, -0.1) is 13.2 Å². The van der Waals surface area contributed by atoms with Gasteiger partial charge < -0.3 is 24.4 Å². The van der Waals surface area contributed by atoms with Gasteiger partial charge in [-0.1, -0.05) is 38.1 Å². The number of hydrogen-bond donors (Lipinski definition) is 1. The Labute approximate surface area is 238 Å². The fourth-order valence-corrected chi connectivity index (χ4v) is 7.06. The van der Waals surface area contributed by atoms with Crippen LogP contribution in [0.1, 0.15) is 57.6 Å². The summed E-state index contributed by atoms with van der Waals surface area (Å²) in [7, 11) is 0. The van der Waals surface area contributed by atoms with Gasteiger partial charge in [0.05, 0.1) is 30.8 Å². The Morgan fingerprint density at radius 3 is 2.60 bits per heavy atom. The van der Waals surface area contributed by atoms with Crippen LogP contribution in [-0.4, -0.2) is 70.8 Å². The maximum Gasteiger partial charge on any atom is 0.312 e. The van der Waals surface area contributed by atoms with Gasteiger partial charge in [-0.05, 0) is 69.6 Å². The molecule has 8 nitrogen and oxygen atoms in total. The number of esters is 1. The highest BCUT2D eigenvalue weighted by molar-refractivity contribution is 6.05. The molecule has 1 aromatic rings. The molecule has 2 amide bonds. The molecule has 2 unspecified atom stereocenters. The van der Waals surface area contributed by atoms with E-state index in [4.69, 9.17) is 9.47 Å². The van der Waals surface area contributed by atoms with Crippen LogP contribution in [0, 0.1) is 31.6 Å². The summed E-state index contributed by atoms with van der Waals surface area (Å²) in [5.74, 6) is -2.94. The predicted molar refractivity (Wildman–Crippen MR) is 154 cm³/mol. The first kappa shape index (κ1) is 30.0. The van der Waals surface area contributed by atoms with Gasteiger partial charge >= 0.3 is 5.97 Å². The van der Waals surface area contributed by atoms with Crippen LogP contribution < -0.4 is 4.90 Å². The first-order chi connectivity index (χ1) is 19.0. The molecular weight excluding hydrogens is 508 g/mol. The minimum atomic E-state index is -1.20. The lowest BCUT2D eigenvalue weighted by Crippen LogP contribution is -2.60. The second-order valence-electron chi connectivity index (χ2n) is 12.1. The van der Waals surface area contributed by atoms with E-state index in [1.54, 1.807) is 17.1 Å². The Morgan fingerprint density at radius 1 is 1.25 bits per heavy atom. The largest absolute Gasteiger partial charge is 0.465 e. The number of aliphatic hydroxyl groups excluding tert-OH is 1. The molecule has 1 aromatic carbocycles. The maximum absolute atomic E-state index is 14.7. The van der Waals surface area contributed by atoms with Gasteiger partial charge in [0.1, 0.15) is 17.6 Å². The van der Waals surface area contributed by atoms with Crippen molar-refractivity contribution >= 4 is 23.5 Å². The second-order valence-corrected chi connectivity index (χ2v) is 12.1. The summed E-state index contributed by atoms with van der Waals surface area (Å²) >= 11 is 0. The van der Waals surface area contributed by atoms with Crippen molar-refractivity contribution in [3.63, 3.8) is 0 Å². The number of ether oxygens (including phenoxy) is 2. The highest BCUT2D eigenvalue weighted by Crippen LogP contribution is 2.64. The number of nitrogens with zero attached hydrogens (tertiary/aromatic N) is 2. The monoisotopic (exact) mass is 552 g/mol. The zero-order valence-electron chi connectivity index (χ0n) is 24.5. The van der Waals surface area contributed by atoms with Crippen molar-refractivity contribution in [2.24, 2.45) is 17.8 Å². The Morgan fingerprint density at radius 2 is 1.98 bits per heavy atom. The van der Waals surface area contributed by atoms with Gasteiger partial charge in [0.2, 0.25) is 5.91 Å². The number of unbranched alkanes of at least 4 members (excludes halogenated alkanes) is 1. The number of aliphatic hydroxyl groups is 1. The molecule has 3 heterocycles. The van der Waals surface area contributed by atoms with Crippen LogP contribution in [0.25, 0.3) is 0 Å². The smallest absolute Gasteiger partial charge is 0.312 e. The van der Waals surface area contributed by atoms with E-state index < -0.39 is 41.1 Å². The lowest BCUT2D eigenvalue weighted by atomic mass is 9.66. The number of anilines is 1. The second kappa shape index (κ2) is 11.5. The summed E-state index contributed by atoms with van der Waals surface area (Å²) in [5.41, 5.74) is 0.526. The van der Waals surface area contributed by atoms with Crippen molar-refractivity contribution in [1.29, 1.82) is 0 Å². The summed E-state index contributed by atoms with van der Waals surface area (Å²) in [6, 6.07) is 4.28. The summed E-state index contributed by atoms with van der Waals surface area (Å²) in [6.45, 7) is 17.3. The average molecular weight is 553 g/mol. The van der Waals surface area contributed by atoms with E-state index in [0.29, 0.717) is 25.7 Å². The number of benzene rings is 1. The van der Waals surface area contributed by atoms with Crippen LogP contribution in [0.5, 0.6) is 0 Å². The van der Waals surface area contributed by atoms with E-state index in [-0.39, 0.29) is 37.5 Å². The van der Waals surface area contributed by atoms with Gasteiger partial charge in [0.15, 0.2) is 0 Å². The first-order valence-corrected chi connectivity index (χ1v) is 14.4. The summed E-state index contributed by atoms with van der Waals surface area (Å²) in [4.78, 5) is 45.8. The fourth-order valence-electron chi connectivity index (χ4n) is 7.06. The van der Waals surface area contributed by atoms with E-state index in [1.807, 2.05) is 52.8 Å². The Kier molecular flexibility index (Phi) is 8.62. The van der Waals surface area contributed by atoms with Crippen molar-refractivity contribution in [3.8, 4) is 0 Å². The molecule has 0 radical (unpaired) electrons. The van der Waals surface area contributed by atoms with Gasteiger partial charge in [-0.3, -0.25) is 14.4 Å². The maximum atomic E-state index is 14.7. The third kappa shape index (κ3) is 4.79. The molecule has 0 aromatic heterocycles. The van der Waals surface area contributed by atoms with E-state index in [9.17, 15) is 19.5 Å². The van der Waals surface area contributed by atoms with Crippen LogP contribution in [0.4, 0.5) is 5.69 Å². The Bertz CT molecular complexity index is 1180. The van der Waals surface area contributed by atoms with Crippen LogP contribution in [-0.2, 0) is 23.9 Å². The molecule has 3 aliphatic rings. The number of fused-ring (bicyclic) bond motifs is 1. The van der Waals surface area contributed by atoms with E-state index in [2.05, 4.69) is 13.2 Å². The summed E-state index contributed by atoms with van der Waals surface area (Å²) in [5, 5.41) is 10.5. The average Bonchev–Trinajstić information content (AvgIpc) is 3.47. The molecule has 8 heteroatoms. The minimum Gasteiger partial charge on any atom is -0.465 e. The molecule has 3 saturated heterocycles. The topological polar surface area (TPSA) is 96.4 Å². The molecule has 0 aliphatic carbocycles. The quantitative estimate of drug-likeness (QED) is 0.238.